The summed E-state index contributed by atoms with van der Waals surface area (Å²) < 4.78 is 33.8. The Balaban J connectivity index is 3.20. The lowest BCUT2D eigenvalue weighted by Crippen LogP contribution is -2.50. The van der Waals surface area contributed by atoms with Gasteiger partial charge in [0.2, 0.25) is 5.82 Å². The van der Waals surface area contributed by atoms with Crippen LogP contribution in [0.15, 0.2) is 6.07 Å². The first kappa shape index (κ1) is 11.3. The fourth-order valence-electron chi connectivity index (χ4n) is 0.836. The molecule has 0 saturated carbocycles. The van der Waals surface area contributed by atoms with Crippen LogP contribution in [0.5, 0.6) is 0 Å². The van der Waals surface area contributed by atoms with Gasteiger partial charge in [-0.3, -0.25) is 4.55 Å². The first-order valence-electron chi connectivity index (χ1n) is 3.66. The summed E-state index contributed by atoms with van der Waals surface area (Å²) in [5, 5.41) is 2.65. The van der Waals surface area contributed by atoms with E-state index >= 15 is 0 Å². The van der Waals surface area contributed by atoms with Crippen molar-refractivity contribution in [2.24, 2.45) is 0 Å². The summed E-state index contributed by atoms with van der Waals surface area (Å²) in [6.45, 7) is 0. The number of hydrogen-bond acceptors (Lipinski definition) is 7. The monoisotopic (exact) mass is 236 g/mol. The molecule has 10 heteroatoms. The summed E-state index contributed by atoms with van der Waals surface area (Å²) in [4.78, 5) is 3.69. The lowest BCUT2D eigenvalue weighted by Gasteiger charge is -2.05. The number of nitrogen functional groups attached to an aromatic ring is 2. The smallest absolute Gasteiger partial charge is 0.363 e. The maximum atomic E-state index is 10.4. The molecule has 1 rings (SSSR count). The van der Waals surface area contributed by atoms with Gasteiger partial charge in [0.25, 0.3) is 0 Å². The highest BCUT2D eigenvalue weighted by atomic mass is 32.3. The van der Waals surface area contributed by atoms with Crippen molar-refractivity contribution in [2.45, 2.75) is 0 Å². The largest absolute Gasteiger partial charge is 0.474 e. The third-order valence-corrected chi connectivity index (χ3v) is 1.72. The molecule has 6 N–H and O–H groups in total. The quantitative estimate of drug-likeness (QED) is 0.342. The summed E-state index contributed by atoms with van der Waals surface area (Å²) in [5.74, 6) is -0.123. The molecular weight excluding hydrogens is 226 g/mol. The first-order valence-corrected chi connectivity index (χ1v) is 5.03. The second-order valence-corrected chi connectivity index (χ2v) is 3.48. The maximum Gasteiger partial charge on any atom is 0.474 e. The van der Waals surface area contributed by atoms with E-state index < -0.39 is 10.4 Å². The van der Waals surface area contributed by atoms with Crippen molar-refractivity contribution in [1.82, 2.24) is 4.98 Å². The van der Waals surface area contributed by atoms with E-state index in [4.69, 9.17) is 16.0 Å². The van der Waals surface area contributed by atoms with Gasteiger partial charge >= 0.3 is 16.3 Å². The van der Waals surface area contributed by atoms with E-state index in [0.29, 0.717) is 10.5 Å². The number of aromatic nitrogens is 2. The van der Waals surface area contributed by atoms with Gasteiger partial charge in [-0.2, -0.15) is 8.42 Å². The highest BCUT2D eigenvalue weighted by Crippen LogP contribution is 2.06. The zero-order chi connectivity index (χ0) is 11.6. The van der Waals surface area contributed by atoms with E-state index in [-0.39, 0.29) is 11.8 Å². The van der Waals surface area contributed by atoms with Crippen LogP contribution in [0.1, 0.15) is 0 Å². The van der Waals surface area contributed by atoms with Gasteiger partial charge in [0.05, 0.1) is 6.07 Å². The predicted molar refractivity (Wildman–Crippen MR) is 50.9 cm³/mol. The molecule has 15 heavy (non-hydrogen) atoms. The van der Waals surface area contributed by atoms with Crippen molar-refractivity contribution in [3.05, 3.63) is 6.07 Å². The summed E-state index contributed by atoms with van der Waals surface area (Å²) in [6.07, 6.45) is 0. The molecular formula is C5H10N5O4S+. The van der Waals surface area contributed by atoms with Crippen LogP contribution in [0, 0.1) is 0 Å². The molecule has 0 radical (unpaired) electrons. The van der Waals surface area contributed by atoms with Gasteiger partial charge in [-0.05, 0) is 4.73 Å². The van der Waals surface area contributed by atoms with Crippen molar-refractivity contribution in [2.75, 3.05) is 23.8 Å². The summed E-state index contributed by atoms with van der Waals surface area (Å²) in [5.41, 5.74) is 10.7. The average molecular weight is 236 g/mol. The lowest BCUT2D eigenvalue weighted by molar-refractivity contribution is -0.835. The molecule has 84 valence electrons. The zero-order valence-corrected chi connectivity index (χ0v) is 8.52. The molecule has 0 saturated heterocycles. The molecule has 1 aromatic heterocycles. The number of rotatable bonds is 3. The molecule has 1 aromatic rings. The van der Waals surface area contributed by atoms with Crippen LogP contribution in [0.3, 0.4) is 0 Å². The van der Waals surface area contributed by atoms with Crippen molar-refractivity contribution < 1.29 is 22.0 Å². The minimum absolute atomic E-state index is 0.135. The van der Waals surface area contributed by atoms with Gasteiger partial charge in [0, 0.05) is 7.05 Å². The van der Waals surface area contributed by atoms with Crippen LogP contribution in [-0.2, 0) is 10.4 Å². The number of nitrogens with one attached hydrogen (secondary N) is 1. The standard InChI is InChI=1S/C5H9N5O4S/c1-8-4-2-3(6)10(5(7)9-4)14-15(11,12)13/h2H,1H3,(H5,6,7,8,9,11,12,13)/p+1. The minimum atomic E-state index is -4.70. The Hall–Kier alpha value is -1.81. The Bertz CT molecular complexity index is 449. The SMILES string of the molecule is CNc1cc(N)[n+](OS(=O)(=O)O)c(N)n1. The van der Waals surface area contributed by atoms with E-state index in [1.54, 1.807) is 7.05 Å². The van der Waals surface area contributed by atoms with E-state index in [9.17, 15) is 8.42 Å². The summed E-state index contributed by atoms with van der Waals surface area (Å²) in [6, 6.07) is 1.28. The van der Waals surface area contributed by atoms with Gasteiger partial charge in [0.15, 0.2) is 5.82 Å². The molecule has 0 aliphatic heterocycles. The number of nitrogens with two attached hydrogens (primary N) is 2. The molecule has 0 fully saturated rings. The normalized spacial score (nSPS) is 11.1. The van der Waals surface area contributed by atoms with Gasteiger partial charge in [-0.1, -0.05) is 4.98 Å². The number of nitrogens with zero attached hydrogens (tertiary/aromatic N) is 2. The van der Waals surface area contributed by atoms with E-state index in [0.717, 1.165) is 0 Å². The highest BCUT2D eigenvalue weighted by molar-refractivity contribution is 7.80. The van der Waals surface area contributed by atoms with Crippen molar-refractivity contribution in [3.63, 3.8) is 0 Å². The van der Waals surface area contributed by atoms with Crippen LogP contribution in [0.25, 0.3) is 0 Å². The van der Waals surface area contributed by atoms with Crippen molar-refractivity contribution >= 4 is 28.0 Å². The first-order chi connectivity index (χ1) is 6.83. The fourth-order valence-corrected chi connectivity index (χ4v) is 1.19. The van der Waals surface area contributed by atoms with E-state index in [1.807, 2.05) is 0 Å². The Morgan fingerprint density at radius 3 is 2.60 bits per heavy atom. The Morgan fingerprint density at radius 1 is 1.60 bits per heavy atom. The fraction of sp³-hybridized carbons (Fsp3) is 0.200. The van der Waals surface area contributed by atoms with E-state index in [1.165, 1.54) is 6.07 Å². The van der Waals surface area contributed by atoms with Crippen LogP contribution in [0.2, 0.25) is 0 Å². The minimum Gasteiger partial charge on any atom is -0.363 e. The Kier molecular flexibility index (Phi) is 2.81. The second kappa shape index (κ2) is 3.74. The van der Waals surface area contributed by atoms with Crippen molar-refractivity contribution in [3.8, 4) is 0 Å². The van der Waals surface area contributed by atoms with E-state index in [2.05, 4.69) is 14.6 Å². The van der Waals surface area contributed by atoms with Gasteiger partial charge in [0.1, 0.15) is 0 Å². The molecule has 0 spiro atoms. The van der Waals surface area contributed by atoms with Crippen LogP contribution in [0.4, 0.5) is 17.6 Å². The number of hydrogen-bond donors (Lipinski definition) is 4. The summed E-state index contributed by atoms with van der Waals surface area (Å²) >= 11 is 0. The Morgan fingerprint density at radius 2 is 2.20 bits per heavy atom. The molecule has 0 aromatic carbocycles. The highest BCUT2D eigenvalue weighted by Gasteiger charge is 2.19. The summed E-state index contributed by atoms with van der Waals surface area (Å²) in [7, 11) is -3.12. The lowest BCUT2D eigenvalue weighted by atomic mass is 10.5. The third-order valence-electron chi connectivity index (χ3n) is 1.39. The van der Waals surface area contributed by atoms with Gasteiger partial charge < -0.3 is 16.8 Å². The Labute approximate surface area is 85.6 Å². The molecule has 9 nitrogen and oxygen atoms in total. The van der Waals surface area contributed by atoms with Crippen LogP contribution >= 0.6 is 0 Å². The van der Waals surface area contributed by atoms with Crippen LogP contribution < -0.4 is 25.8 Å². The molecule has 1 heterocycles. The predicted octanol–water partition coefficient (Wildman–Crippen LogP) is -2.19. The zero-order valence-electron chi connectivity index (χ0n) is 7.71. The molecule has 0 atom stereocenters. The third kappa shape index (κ3) is 2.82. The molecule has 0 bridgehead atoms. The molecule has 0 aliphatic rings. The second-order valence-electron chi connectivity index (χ2n) is 2.47. The molecule has 0 aliphatic carbocycles. The maximum absolute atomic E-state index is 10.4. The van der Waals surface area contributed by atoms with Crippen molar-refractivity contribution in [1.29, 1.82) is 0 Å². The molecule has 0 unspecified atom stereocenters. The molecule has 0 amide bonds. The van der Waals surface area contributed by atoms with Gasteiger partial charge in [-0.15, -0.1) is 0 Å². The van der Waals surface area contributed by atoms with Crippen LogP contribution in [-0.4, -0.2) is 25.0 Å². The van der Waals surface area contributed by atoms with Gasteiger partial charge in [-0.25, -0.2) is 4.28 Å². The topological polar surface area (TPSA) is 144 Å². The average Bonchev–Trinajstić information content (AvgIpc) is 2.09. The number of anilines is 3.